The Balaban J connectivity index is 3.02. The zero-order valence-corrected chi connectivity index (χ0v) is 10.0. The fraction of sp³-hybridized carbons (Fsp3) is 0.625. The minimum absolute atomic E-state index is 0.0421. The molecule has 0 spiro atoms. The molecule has 0 saturated carbocycles. The Bertz CT molecular complexity index is 454. The molecule has 1 aromatic rings. The van der Waals surface area contributed by atoms with Crippen LogP contribution in [0.1, 0.15) is 13.8 Å². The number of hydrogen-bond donors (Lipinski definition) is 3. The van der Waals surface area contributed by atoms with Gasteiger partial charge in [-0.3, -0.25) is 4.68 Å². The van der Waals surface area contributed by atoms with Crippen LogP contribution in [-0.2, 0) is 16.6 Å². The molecule has 0 aromatic carbocycles. The minimum Gasteiger partial charge on any atom is -0.395 e. The molecule has 0 radical (unpaired) electrons. The largest absolute Gasteiger partial charge is 0.395 e. The van der Waals surface area contributed by atoms with Crippen molar-refractivity contribution >= 4 is 15.8 Å². The van der Waals surface area contributed by atoms with Gasteiger partial charge in [0.1, 0.15) is 4.90 Å². The summed E-state index contributed by atoms with van der Waals surface area (Å²) in [4.78, 5) is -0.0605. The maximum atomic E-state index is 11.8. The molecule has 0 aliphatic carbocycles. The van der Waals surface area contributed by atoms with Crippen LogP contribution in [0.5, 0.6) is 0 Å². The SMILES string of the molecule is CCn1cc(S(=O)(=O)NC(C)CO)c(N)n1. The van der Waals surface area contributed by atoms with Crippen LogP contribution in [0, 0.1) is 0 Å². The highest BCUT2D eigenvalue weighted by molar-refractivity contribution is 7.89. The number of nitrogens with one attached hydrogen (secondary N) is 1. The molecule has 4 N–H and O–H groups in total. The molecule has 16 heavy (non-hydrogen) atoms. The van der Waals surface area contributed by atoms with Crippen molar-refractivity contribution in [2.24, 2.45) is 0 Å². The monoisotopic (exact) mass is 248 g/mol. The minimum atomic E-state index is -3.71. The summed E-state index contributed by atoms with van der Waals surface area (Å²) >= 11 is 0. The molecule has 0 saturated heterocycles. The first-order chi connectivity index (χ1) is 7.40. The molecule has 0 bridgehead atoms. The number of anilines is 1. The van der Waals surface area contributed by atoms with E-state index in [0.29, 0.717) is 6.54 Å². The lowest BCUT2D eigenvalue weighted by Crippen LogP contribution is -2.35. The van der Waals surface area contributed by atoms with Crippen LogP contribution in [0.2, 0.25) is 0 Å². The van der Waals surface area contributed by atoms with Crippen LogP contribution in [0.4, 0.5) is 5.82 Å². The summed E-state index contributed by atoms with van der Waals surface area (Å²) < 4.78 is 27.3. The van der Waals surface area contributed by atoms with E-state index in [2.05, 4.69) is 9.82 Å². The van der Waals surface area contributed by atoms with Gasteiger partial charge in [0.2, 0.25) is 10.0 Å². The number of nitrogen functional groups attached to an aromatic ring is 1. The number of nitrogens with two attached hydrogens (primary N) is 1. The molecule has 7 nitrogen and oxygen atoms in total. The van der Waals surface area contributed by atoms with Crippen LogP contribution in [0.25, 0.3) is 0 Å². The van der Waals surface area contributed by atoms with Crippen LogP contribution >= 0.6 is 0 Å². The summed E-state index contributed by atoms with van der Waals surface area (Å²) in [6.45, 7) is 3.64. The molecule has 0 fully saturated rings. The quantitative estimate of drug-likeness (QED) is 0.628. The molecule has 0 aliphatic heterocycles. The highest BCUT2D eigenvalue weighted by Gasteiger charge is 2.22. The van der Waals surface area contributed by atoms with Crippen molar-refractivity contribution in [3.05, 3.63) is 6.20 Å². The molecule has 0 amide bonds. The summed E-state index contributed by atoms with van der Waals surface area (Å²) in [6, 6.07) is -0.561. The van der Waals surface area contributed by atoms with Gasteiger partial charge < -0.3 is 10.8 Å². The first-order valence-corrected chi connectivity index (χ1v) is 6.35. The Morgan fingerprint density at radius 1 is 1.69 bits per heavy atom. The second kappa shape index (κ2) is 4.81. The van der Waals surface area contributed by atoms with Crippen molar-refractivity contribution in [1.29, 1.82) is 0 Å². The summed E-state index contributed by atoms with van der Waals surface area (Å²) in [7, 11) is -3.71. The second-order valence-electron chi connectivity index (χ2n) is 3.44. The summed E-state index contributed by atoms with van der Waals surface area (Å²) in [5.41, 5.74) is 5.51. The van der Waals surface area contributed by atoms with E-state index in [9.17, 15) is 8.42 Å². The Morgan fingerprint density at radius 2 is 2.31 bits per heavy atom. The van der Waals surface area contributed by atoms with Crippen LogP contribution in [0.3, 0.4) is 0 Å². The van der Waals surface area contributed by atoms with E-state index in [4.69, 9.17) is 10.8 Å². The number of aliphatic hydroxyl groups excluding tert-OH is 1. The Morgan fingerprint density at radius 3 is 2.75 bits per heavy atom. The maximum Gasteiger partial charge on any atom is 0.246 e. The van der Waals surface area contributed by atoms with Gasteiger partial charge in [0, 0.05) is 18.8 Å². The lowest BCUT2D eigenvalue weighted by molar-refractivity contribution is 0.265. The Kier molecular flexibility index (Phi) is 3.89. The number of hydrogen-bond acceptors (Lipinski definition) is 5. The van der Waals surface area contributed by atoms with E-state index in [0.717, 1.165) is 0 Å². The maximum absolute atomic E-state index is 11.8. The Labute approximate surface area is 94.3 Å². The number of aryl methyl sites for hydroxylation is 1. The van der Waals surface area contributed by atoms with Crippen molar-refractivity contribution in [3.8, 4) is 0 Å². The van der Waals surface area contributed by atoms with E-state index in [1.165, 1.54) is 10.9 Å². The third kappa shape index (κ3) is 2.71. The predicted molar refractivity (Wildman–Crippen MR) is 59.2 cm³/mol. The molecular weight excluding hydrogens is 232 g/mol. The molecule has 0 aliphatic rings. The summed E-state index contributed by atoms with van der Waals surface area (Å²) in [6.07, 6.45) is 1.36. The van der Waals surface area contributed by atoms with Gasteiger partial charge in [0.15, 0.2) is 5.82 Å². The van der Waals surface area contributed by atoms with Crippen molar-refractivity contribution in [2.75, 3.05) is 12.3 Å². The van der Waals surface area contributed by atoms with Crippen molar-refractivity contribution in [3.63, 3.8) is 0 Å². The van der Waals surface area contributed by atoms with E-state index in [1.807, 2.05) is 6.92 Å². The summed E-state index contributed by atoms with van der Waals surface area (Å²) in [5, 5.41) is 12.6. The van der Waals surface area contributed by atoms with Gasteiger partial charge in [-0.15, -0.1) is 0 Å². The predicted octanol–water partition coefficient (Wildman–Crippen LogP) is -0.856. The van der Waals surface area contributed by atoms with Crippen LogP contribution in [-0.4, -0.2) is 36.0 Å². The van der Waals surface area contributed by atoms with Crippen LogP contribution in [0.15, 0.2) is 11.1 Å². The lowest BCUT2D eigenvalue weighted by Gasteiger charge is -2.10. The topological polar surface area (TPSA) is 110 Å². The number of rotatable bonds is 5. The molecule has 1 heterocycles. The van der Waals surface area contributed by atoms with Gasteiger partial charge in [0.25, 0.3) is 0 Å². The van der Waals surface area contributed by atoms with Gasteiger partial charge in [0.05, 0.1) is 6.61 Å². The molecule has 1 atom stereocenters. The average Bonchev–Trinajstić information content (AvgIpc) is 2.59. The number of aliphatic hydroxyl groups is 1. The lowest BCUT2D eigenvalue weighted by atomic mass is 10.4. The molecule has 1 unspecified atom stereocenters. The molecule has 92 valence electrons. The first-order valence-electron chi connectivity index (χ1n) is 4.86. The number of sulfonamides is 1. The Hall–Kier alpha value is -1.12. The smallest absolute Gasteiger partial charge is 0.246 e. The third-order valence-electron chi connectivity index (χ3n) is 2.00. The van der Waals surface area contributed by atoms with Crippen molar-refractivity contribution < 1.29 is 13.5 Å². The average molecular weight is 248 g/mol. The molecule has 1 rings (SSSR count). The first kappa shape index (κ1) is 12.9. The molecule has 8 heteroatoms. The summed E-state index contributed by atoms with van der Waals surface area (Å²) in [5.74, 6) is -0.0421. The number of aromatic nitrogens is 2. The zero-order valence-electron chi connectivity index (χ0n) is 9.21. The van der Waals surface area contributed by atoms with Crippen molar-refractivity contribution in [2.45, 2.75) is 31.3 Å². The third-order valence-corrected chi connectivity index (χ3v) is 3.60. The van der Waals surface area contributed by atoms with Gasteiger partial charge in [-0.1, -0.05) is 0 Å². The zero-order chi connectivity index (χ0) is 12.3. The van der Waals surface area contributed by atoms with E-state index >= 15 is 0 Å². The fourth-order valence-electron chi connectivity index (χ4n) is 1.15. The number of nitrogens with zero attached hydrogens (tertiary/aromatic N) is 2. The van der Waals surface area contributed by atoms with Crippen LogP contribution < -0.4 is 10.5 Å². The standard InChI is InChI=1S/C8H16N4O3S/c1-3-12-4-7(8(9)10-12)16(14,15)11-6(2)5-13/h4,6,11,13H,3,5H2,1-2H3,(H2,9,10). The van der Waals surface area contributed by atoms with Gasteiger partial charge >= 0.3 is 0 Å². The molecular formula is C8H16N4O3S. The van der Waals surface area contributed by atoms with Gasteiger partial charge in [-0.25, -0.2) is 13.1 Å². The van der Waals surface area contributed by atoms with Gasteiger partial charge in [-0.05, 0) is 13.8 Å². The van der Waals surface area contributed by atoms with Crippen molar-refractivity contribution in [1.82, 2.24) is 14.5 Å². The highest BCUT2D eigenvalue weighted by Crippen LogP contribution is 2.16. The fourth-order valence-corrected chi connectivity index (χ4v) is 2.46. The normalized spacial score (nSPS) is 13.9. The van der Waals surface area contributed by atoms with E-state index < -0.39 is 16.1 Å². The van der Waals surface area contributed by atoms with E-state index in [-0.39, 0.29) is 17.3 Å². The van der Waals surface area contributed by atoms with E-state index in [1.54, 1.807) is 6.92 Å². The molecule has 1 aromatic heterocycles. The second-order valence-corrected chi connectivity index (χ2v) is 5.12. The van der Waals surface area contributed by atoms with Gasteiger partial charge in [-0.2, -0.15) is 5.10 Å². The highest BCUT2D eigenvalue weighted by atomic mass is 32.2.